The molecule has 0 amide bonds. The van der Waals surface area contributed by atoms with Gasteiger partial charge in [-0.1, -0.05) is 6.07 Å². The number of hydrogen-bond acceptors (Lipinski definition) is 5. The Morgan fingerprint density at radius 3 is 2.63 bits per heavy atom. The number of morpholine rings is 1. The minimum Gasteiger partial charge on any atom is -0.478 e. The summed E-state index contributed by atoms with van der Waals surface area (Å²) in [5.41, 5.74) is -0.0650. The van der Waals surface area contributed by atoms with Crippen LogP contribution >= 0.6 is 0 Å². The number of carboxylic acid groups (broad SMARTS) is 1. The van der Waals surface area contributed by atoms with Crippen molar-refractivity contribution in [3.05, 3.63) is 29.8 Å². The summed E-state index contributed by atoms with van der Waals surface area (Å²) in [6, 6.07) is 5.23. The van der Waals surface area contributed by atoms with Crippen molar-refractivity contribution in [3.63, 3.8) is 0 Å². The number of sulfonamides is 1. The minimum absolute atomic E-state index is 0.0650. The highest BCUT2D eigenvalue weighted by Gasteiger charge is 2.21. The average Bonchev–Trinajstić information content (AvgIpc) is 2.39. The Morgan fingerprint density at radius 2 is 2.00 bits per heavy atom. The van der Waals surface area contributed by atoms with Crippen molar-refractivity contribution >= 4 is 16.0 Å². The Labute approximate surface area is 110 Å². The first-order valence-electron chi connectivity index (χ1n) is 5.67. The van der Waals surface area contributed by atoms with E-state index in [9.17, 15) is 13.2 Å². The van der Waals surface area contributed by atoms with Crippen molar-refractivity contribution < 1.29 is 23.1 Å². The van der Waals surface area contributed by atoms with Gasteiger partial charge < -0.3 is 9.84 Å². The van der Waals surface area contributed by atoms with Crippen molar-refractivity contribution in [1.82, 2.24) is 9.84 Å². The monoisotopic (exact) mass is 286 g/mol. The lowest BCUT2D eigenvalue weighted by Crippen LogP contribution is -2.48. The Hall–Kier alpha value is -1.48. The molecule has 1 aliphatic rings. The lowest BCUT2D eigenvalue weighted by Gasteiger charge is -2.26. The maximum atomic E-state index is 12.1. The zero-order chi connectivity index (χ0) is 13.9. The van der Waals surface area contributed by atoms with E-state index in [0.29, 0.717) is 26.3 Å². The molecule has 1 heterocycles. The van der Waals surface area contributed by atoms with Gasteiger partial charge >= 0.3 is 5.97 Å². The molecule has 0 atom stereocenters. The number of rotatable bonds is 4. The molecular weight excluding hydrogens is 272 g/mol. The number of hydrazine groups is 1. The highest BCUT2D eigenvalue weighted by Crippen LogP contribution is 2.12. The fraction of sp³-hybridized carbons (Fsp3) is 0.364. The molecule has 0 bridgehead atoms. The predicted molar refractivity (Wildman–Crippen MR) is 66.1 cm³/mol. The van der Waals surface area contributed by atoms with Gasteiger partial charge in [0.15, 0.2) is 0 Å². The zero-order valence-corrected chi connectivity index (χ0v) is 10.9. The normalized spacial score (nSPS) is 17.3. The molecule has 19 heavy (non-hydrogen) atoms. The van der Waals surface area contributed by atoms with E-state index in [-0.39, 0.29) is 10.5 Å². The summed E-state index contributed by atoms with van der Waals surface area (Å²) in [5.74, 6) is -1.16. The number of benzene rings is 1. The molecule has 1 fully saturated rings. The van der Waals surface area contributed by atoms with Crippen LogP contribution in [-0.2, 0) is 14.8 Å². The molecular formula is C11H14N2O5S. The summed E-state index contributed by atoms with van der Waals surface area (Å²) in [6.07, 6.45) is 0. The molecule has 8 heteroatoms. The van der Waals surface area contributed by atoms with Gasteiger partial charge in [0.2, 0.25) is 0 Å². The number of nitrogens with one attached hydrogen (secondary N) is 1. The van der Waals surface area contributed by atoms with Gasteiger partial charge in [-0.05, 0) is 18.2 Å². The van der Waals surface area contributed by atoms with Crippen LogP contribution in [0.25, 0.3) is 0 Å². The molecule has 2 rings (SSSR count). The molecule has 7 nitrogen and oxygen atoms in total. The third-order valence-electron chi connectivity index (χ3n) is 2.65. The second-order valence-electron chi connectivity index (χ2n) is 4.03. The number of carboxylic acids is 1. The molecule has 104 valence electrons. The summed E-state index contributed by atoms with van der Waals surface area (Å²) < 4.78 is 29.3. The highest BCUT2D eigenvalue weighted by molar-refractivity contribution is 7.89. The van der Waals surface area contributed by atoms with Crippen molar-refractivity contribution in [2.24, 2.45) is 0 Å². The Bertz CT molecular complexity index is 566. The van der Waals surface area contributed by atoms with Crippen LogP contribution in [0.3, 0.4) is 0 Å². The molecule has 0 aromatic heterocycles. The number of aromatic carboxylic acids is 1. The average molecular weight is 286 g/mol. The van der Waals surface area contributed by atoms with Gasteiger partial charge in [-0.25, -0.2) is 18.2 Å². The highest BCUT2D eigenvalue weighted by atomic mass is 32.2. The van der Waals surface area contributed by atoms with Crippen molar-refractivity contribution in [2.75, 3.05) is 26.3 Å². The second kappa shape index (κ2) is 5.66. The van der Waals surface area contributed by atoms with E-state index in [4.69, 9.17) is 9.84 Å². The van der Waals surface area contributed by atoms with E-state index in [1.54, 1.807) is 0 Å². The van der Waals surface area contributed by atoms with Crippen LogP contribution in [0.2, 0.25) is 0 Å². The van der Waals surface area contributed by atoms with Crippen LogP contribution in [0, 0.1) is 0 Å². The summed E-state index contributed by atoms with van der Waals surface area (Å²) in [7, 11) is -3.76. The van der Waals surface area contributed by atoms with Crippen LogP contribution in [-0.4, -0.2) is 50.8 Å². The van der Waals surface area contributed by atoms with Gasteiger partial charge in [-0.2, -0.15) is 0 Å². The lowest BCUT2D eigenvalue weighted by atomic mass is 10.2. The van der Waals surface area contributed by atoms with E-state index in [2.05, 4.69) is 4.83 Å². The first-order chi connectivity index (χ1) is 8.99. The van der Waals surface area contributed by atoms with Gasteiger partial charge in [-0.15, -0.1) is 4.83 Å². The van der Waals surface area contributed by atoms with E-state index < -0.39 is 16.0 Å². The van der Waals surface area contributed by atoms with Crippen LogP contribution in [0.1, 0.15) is 10.4 Å². The van der Waals surface area contributed by atoms with Gasteiger partial charge in [0.05, 0.1) is 23.7 Å². The maximum absolute atomic E-state index is 12.1. The second-order valence-corrected chi connectivity index (χ2v) is 5.69. The molecule has 0 aliphatic carbocycles. The first-order valence-corrected chi connectivity index (χ1v) is 7.16. The smallest absolute Gasteiger partial charge is 0.335 e. The SMILES string of the molecule is O=C(O)c1cccc(S(=O)(=O)NN2CCOCC2)c1. The van der Waals surface area contributed by atoms with Crippen molar-refractivity contribution in [1.29, 1.82) is 0 Å². The largest absolute Gasteiger partial charge is 0.478 e. The fourth-order valence-corrected chi connectivity index (χ4v) is 2.84. The predicted octanol–water partition coefficient (Wildman–Crippen LogP) is -0.0897. The summed E-state index contributed by atoms with van der Waals surface area (Å²) >= 11 is 0. The van der Waals surface area contributed by atoms with Crippen LogP contribution in [0.5, 0.6) is 0 Å². The Morgan fingerprint density at radius 1 is 1.32 bits per heavy atom. The standard InChI is InChI=1S/C11H14N2O5S/c14-11(15)9-2-1-3-10(8-9)19(16,17)12-13-4-6-18-7-5-13/h1-3,8,12H,4-7H2,(H,14,15). The van der Waals surface area contributed by atoms with E-state index in [1.165, 1.54) is 23.2 Å². The number of ether oxygens (including phenoxy) is 1. The number of carbonyl (C=O) groups is 1. The molecule has 0 radical (unpaired) electrons. The summed E-state index contributed by atoms with van der Waals surface area (Å²) in [5, 5.41) is 10.4. The third kappa shape index (κ3) is 3.51. The molecule has 0 unspecified atom stereocenters. The van der Waals surface area contributed by atoms with Gasteiger partial charge in [0, 0.05) is 13.1 Å². The van der Waals surface area contributed by atoms with E-state index >= 15 is 0 Å². The van der Waals surface area contributed by atoms with Crippen molar-refractivity contribution in [2.45, 2.75) is 4.90 Å². The summed E-state index contributed by atoms with van der Waals surface area (Å²) in [6.45, 7) is 1.82. The lowest BCUT2D eigenvalue weighted by molar-refractivity contribution is 0.0272. The fourth-order valence-electron chi connectivity index (χ4n) is 1.67. The molecule has 0 saturated carbocycles. The Kier molecular flexibility index (Phi) is 4.15. The third-order valence-corrected chi connectivity index (χ3v) is 4.02. The Balaban J connectivity index is 2.18. The first kappa shape index (κ1) is 13.9. The maximum Gasteiger partial charge on any atom is 0.335 e. The molecule has 0 spiro atoms. The van der Waals surface area contributed by atoms with Crippen LogP contribution in [0.4, 0.5) is 0 Å². The summed E-state index contributed by atoms with van der Waals surface area (Å²) in [4.78, 5) is 13.2. The number of nitrogens with zero attached hydrogens (tertiary/aromatic N) is 1. The van der Waals surface area contributed by atoms with Gasteiger partial charge in [0.1, 0.15) is 0 Å². The molecule has 1 aromatic carbocycles. The molecule has 1 aliphatic heterocycles. The van der Waals surface area contributed by atoms with Crippen LogP contribution in [0.15, 0.2) is 29.2 Å². The van der Waals surface area contributed by atoms with E-state index in [1.807, 2.05) is 0 Å². The quantitative estimate of drug-likeness (QED) is 0.803. The molecule has 1 aromatic rings. The van der Waals surface area contributed by atoms with Gasteiger partial charge in [-0.3, -0.25) is 0 Å². The topological polar surface area (TPSA) is 95.9 Å². The number of hydrogen-bond donors (Lipinski definition) is 2. The van der Waals surface area contributed by atoms with E-state index in [0.717, 1.165) is 6.07 Å². The van der Waals surface area contributed by atoms with Gasteiger partial charge in [0.25, 0.3) is 10.0 Å². The molecule has 1 saturated heterocycles. The zero-order valence-electron chi connectivity index (χ0n) is 10.1. The minimum atomic E-state index is -3.76. The van der Waals surface area contributed by atoms with Crippen LogP contribution < -0.4 is 4.83 Å². The molecule has 2 N–H and O–H groups in total. The van der Waals surface area contributed by atoms with Crippen molar-refractivity contribution in [3.8, 4) is 0 Å².